The van der Waals surface area contributed by atoms with Crippen molar-refractivity contribution >= 4 is 22.7 Å². The van der Waals surface area contributed by atoms with E-state index in [0.717, 1.165) is 0 Å². The summed E-state index contributed by atoms with van der Waals surface area (Å²) in [5.41, 5.74) is 1.11. The van der Waals surface area contributed by atoms with E-state index in [4.69, 9.17) is 4.74 Å². The molecule has 5 nitrogen and oxygen atoms in total. The maximum atomic E-state index is 12.7. The van der Waals surface area contributed by atoms with Crippen molar-refractivity contribution in [2.45, 2.75) is 0 Å². The smallest absolute Gasteiger partial charge is 0.353 e. The maximum absolute atomic E-state index is 12.7. The molecule has 0 radical (unpaired) electrons. The number of para-hydroxylation sites is 1. The Kier molecular flexibility index (Phi) is 3.39. The lowest BCUT2D eigenvalue weighted by Crippen LogP contribution is -2.08. The van der Waals surface area contributed by atoms with E-state index in [1.165, 1.54) is 0 Å². The molecule has 0 bridgehead atoms. The molecule has 2 N–H and O–H groups in total. The van der Waals surface area contributed by atoms with Gasteiger partial charge in [0.15, 0.2) is 5.78 Å². The number of ether oxygens (including phenoxy) is 1. The van der Waals surface area contributed by atoms with Gasteiger partial charge in [-0.1, -0.05) is 18.2 Å². The molecule has 1 heterocycles. The van der Waals surface area contributed by atoms with Crippen LogP contribution in [0.2, 0.25) is 0 Å². The molecular weight excluding hydrogens is 282 g/mol. The number of rotatable bonds is 4. The van der Waals surface area contributed by atoms with Crippen LogP contribution in [0.5, 0.6) is 5.75 Å². The van der Waals surface area contributed by atoms with E-state index in [9.17, 15) is 14.7 Å². The number of hydrogen-bond acceptors (Lipinski definition) is 3. The van der Waals surface area contributed by atoms with Gasteiger partial charge in [0, 0.05) is 16.5 Å². The number of methoxy groups -OCH3 is 1. The fourth-order valence-corrected chi connectivity index (χ4v) is 2.42. The van der Waals surface area contributed by atoms with Crippen molar-refractivity contribution in [2.75, 3.05) is 7.11 Å². The first-order valence-corrected chi connectivity index (χ1v) is 6.64. The first kappa shape index (κ1) is 13.9. The highest BCUT2D eigenvalue weighted by Crippen LogP contribution is 2.26. The number of H-pyrrole nitrogens is 1. The van der Waals surface area contributed by atoms with E-state index in [2.05, 4.69) is 4.98 Å². The zero-order chi connectivity index (χ0) is 15.7. The molecule has 0 fully saturated rings. The predicted molar refractivity (Wildman–Crippen MR) is 81.7 cm³/mol. The molecule has 0 saturated heterocycles. The van der Waals surface area contributed by atoms with Gasteiger partial charge < -0.3 is 14.8 Å². The lowest BCUT2D eigenvalue weighted by molar-refractivity contribution is 0.0687. The Labute approximate surface area is 126 Å². The van der Waals surface area contributed by atoms with Gasteiger partial charge >= 0.3 is 5.97 Å². The number of carboxylic acids is 1. The summed E-state index contributed by atoms with van der Waals surface area (Å²) in [5.74, 6) is -0.862. The molecular formula is C17H13NO4. The number of aromatic nitrogens is 1. The topological polar surface area (TPSA) is 79.4 Å². The van der Waals surface area contributed by atoms with Gasteiger partial charge in [-0.25, -0.2) is 4.79 Å². The minimum absolute atomic E-state index is 0.0954. The second-order valence-corrected chi connectivity index (χ2v) is 4.78. The predicted octanol–water partition coefficient (Wildman–Crippen LogP) is 3.11. The molecule has 110 valence electrons. The zero-order valence-electron chi connectivity index (χ0n) is 11.8. The van der Waals surface area contributed by atoms with E-state index < -0.39 is 5.97 Å². The Bertz CT molecular complexity index is 862. The number of aromatic amines is 1. The quantitative estimate of drug-likeness (QED) is 0.725. The normalized spacial score (nSPS) is 10.6. The second kappa shape index (κ2) is 5.37. The monoisotopic (exact) mass is 295 g/mol. The van der Waals surface area contributed by atoms with Gasteiger partial charge in [-0.15, -0.1) is 0 Å². The summed E-state index contributed by atoms with van der Waals surface area (Å²) in [4.78, 5) is 26.9. The minimum Gasteiger partial charge on any atom is -0.497 e. The fourth-order valence-electron chi connectivity index (χ4n) is 2.42. The summed E-state index contributed by atoms with van der Waals surface area (Å²) < 4.78 is 5.06. The summed E-state index contributed by atoms with van der Waals surface area (Å²) in [6.45, 7) is 0. The molecule has 3 rings (SSSR count). The first-order valence-electron chi connectivity index (χ1n) is 6.64. The summed E-state index contributed by atoms with van der Waals surface area (Å²) in [6.07, 6.45) is 0. The molecule has 22 heavy (non-hydrogen) atoms. The van der Waals surface area contributed by atoms with Gasteiger partial charge in [-0.3, -0.25) is 4.79 Å². The van der Waals surface area contributed by atoms with Crippen LogP contribution in [-0.2, 0) is 0 Å². The molecule has 0 amide bonds. The lowest BCUT2D eigenvalue weighted by atomic mass is 10.00. The second-order valence-electron chi connectivity index (χ2n) is 4.78. The van der Waals surface area contributed by atoms with Crippen LogP contribution in [-0.4, -0.2) is 29.0 Å². The van der Waals surface area contributed by atoms with Crippen LogP contribution in [0.15, 0.2) is 48.5 Å². The summed E-state index contributed by atoms with van der Waals surface area (Å²) >= 11 is 0. The summed E-state index contributed by atoms with van der Waals surface area (Å²) in [5, 5.41) is 9.94. The van der Waals surface area contributed by atoms with Crippen molar-refractivity contribution in [3.8, 4) is 5.75 Å². The third-order valence-electron chi connectivity index (χ3n) is 3.50. The summed E-state index contributed by atoms with van der Waals surface area (Å²) in [7, 11) is 1.54. The number of benzene rings is 2. The fraction of sp³-hybridized carbons (Fsp3) is 0.0588. The highest BCUT2D eigenvalue weighted by Gasteiger charge is 2.23. The van der Waals surface area contributed by atoms with Crippen molar-refractivity contribution in [3.63, 3.8) is 0 Å². The Hall–Kier alpha value is -3.08. The number of carbonyl (C=O) groups is 2. The molecule has 0 unspecified atom stereocenters. The number of ketones is 1. The van der Waals surface area contributed by atoms with E-state index in [1.807, 2.05) is 0 Å². The third-order valence-corrected chi connectivity index (χ3v) is 3.50. The van der Waals surface area contributed by atoms with Crippen molar-refractivity contribution in [3.05, 3.63) is 65.4 Å². The highest BCUT2D eigenvalue weighted by atomic mass is 16.5. The van der Waals surface area contributed by atoms with Crippen LogP contribution in [0.1, 0.15) is 26.4 Å². The highest BCUT2D eigenvalue weighted by molar-refractivity contribution is 6.21. The van der Waals surface area contributed by atoms with Crippen molar-refractivity contribution in [2.24, 2.45) is 0 Å². The van der Waals surface area contributed by atoms with Crippen LogP contribution >= 0.6 is 0 Å². The number of hydrogen-bond donors (Lipinski definition) is 2. The van der Waals surface area contributed by atoms with E-state index in [-0.39, 0.29) is 17.0 Å². The number of aromatic carboxylic acids is 1. The van der Waals surface area contributed by atoms with Gasteiger partial charge in [0.05, 0.1) is 12.7 Å². The molecule has 1 aromatic heterocycles. The van der Waals surface area contributed by atoms with Gasteiger partial charge in [0.1, 0.15) is 11.4 Å². The summed E-state index contributed by atoms with van der Waals surface area (Å²) in [6, 6.07) is 13.6. The van der Waals surface area contributed by atoms with Crippen LogP contribution in [0.3, 0.4) is 0 Å². The van der Waals surface area contributed by atoms with Crippen molar-refractivity contribution in [1.82, 2.24) is 4.98 Å². The van der Waals surface area contributed by atoms with Crippen LogP contribution in [0.25, 0.3) is 10.9 Å². The molecule has 5 heteroatoms. The van der Waals surface area contributed by atoms with Crippen LogP contribution < -0.4 is 4.74 Å². The molecule has 0 saturated carbocycles. The Morgan fingerprint density at radius 3 is 2.36 bits per heavy atom. The van der Waals surface area contributed by atoms with E-state index in [0.29, 0.717) is 22.2 Å². The molecule has 0 aliphatic heterocycles. The average molecular weight is 295 g/mol. The number of fused-ring (bicyclic) bond motifs is 1. The number of carbonyl (C=O) groups excluding carboxylic acids is 1. The van der Waals surface area contributed by atoms with Crippen molar-refractivity contribution in [1.29, 1.82) is 0 Å². The Morgan fingerprint density at radius 2 is 1.73 bits per heavy atom. The zero-order valence-corrected chi connectivity index (χ0v) is 11.8. The first-order chi connectivity index (χ1) is 10.6. The molecule has 3 aromatic rings. The van der Waals surface area contributed by atoms with E-state index in [1.54, 1.807) is 55.6 Å². The lowest BCUT2D eigenvalue weighted by Gasteiger charge is -2.04. The maximum Gasteiger partial charge on any atom is 0.353 e. The van der Waals surface area contributed by atoms with Gasteiger partial charge in [0.25, 0.3) is 0 Å². The SMILES string of the molecule is COc1ccc(C(=O)c2c(C(=O)O)[nH]c3ccccc23)cc1. The molecule has 0 atom stereocenters. The number of carboxylic acid groups (broad SMARTS) is 1. The Balaban J connectivity index is 2.16. The molecule has 2 aromatic carbocycles. The van der Waals surface area contributed by atoms with E-state index >= 15 is 0 Å². The molecule has 0 spiro atoms. The number of nitrogens with one attached hydrogen (secondary N) is 1. The van der Waals surface area contributed by atoms with Gasteiger partial charge in [0.2, 0.25) is 0 Å². The van der Waals surface area contributed by atoms with Gasteiger partial charge in [-0.2, -0.15) is 0 Å². The van der Waals surface area contributed by atoms with Crippen LogP contribution in [0, 0.1) is 0 Å². The third kappa shape index (κ3) is 2.22. The molecule has 0 aliphatic carbocycles. The largest absolute Gasteiger partial charge is 0.497 e. The van der Waals surface area contributed by atoms with Gasteiger partial charge in [-0.05, 0) is 30.3 Å². The average Bonchev–Trinajstić information content (AvgIpc) is 2.94. The van der Waals surface area contributed by atoms with Crippen LogP contribution in [0.4, 0.5) is 0 Å². The standard InChI is InChI=1S/C17H13NO4/c1-22-11-8-6-10(7-9-11)16(19)14-12-4-2-3-5-13(12)18-15(14)17(20)21/h2-9,18H,1H3,(H,20,21). The Morgan fingerprint density at radius 1 is 1.05 bits per heavy atom. The minimum atomic E-state index is -1.16. The molecule has 0 aliphatic rings. The van der Waals surface area contributed by atoms with Crippen molar-refractivity contribution < 1.29 is 19.4 Å².